The fraction of sp³-hybridized carbons (Fsp3) is 0.632. The highest BCUT2D eigenvalue weighted by atomic mass is 32.2. The average Bonchev–Trinajstić information content (AvgIpc) is 2.80. The van der Waals surface area contributed by atoms with E-state index in [0.717, 1.165) is 25.7 Å². The van der Waals surface area contributed by atoms with Gasteiger partial charge in [0.1, 0.15) is 5.75 Å². The predicted molar refractivity (Wildman–Crippen MR) is 102 cm³/mol. The number of benzene rings is 1. The third-order valence-electron chi connectivity index (χ3n) is 4.16. The fourth-order valence-corrected chi connectivity index (χ4v) is 4.44. The van der Waals surface area contributed by atoms with Gasteiger partial charge >= 0.3 is 0 Å². The number of carbonyl (C=O) groups excluding carboxylic acids is 1. The second kappa shape index (κ2) is 8.86. The zero-order valence-electron chi connectivity index (χ0n) is 15.9. The maximum atomic E-state index is 12.3. The van der Waals surface area contributed by atoms with Crippen molar-refractivity contribution in [2.24, 2.45) is 0 Å². The van der Waals surface area contributed by atoms with Gasteiger partial charge in [-0.25, -0.2) is 13.1 Å². The van der Waals surface area contributed by atoms with Crippen LogP contribution in [0.15, 0.2) is 29.2 Å². The Balaban J connectivity index is 1.86. The van der Waals surface area contributed by atoms with Crippen molar-refractivity contribution in [1.29, 1.82) is 0 Å². The summed E-state index contributed by atoms with van der Waals surface area (Å²) in [5.41, 5.74) is -0.551. The molecule has 1 fully saturated rings. The Hall–Kier alpha value is -1.60. The van der Waals surface area contributed by atoms with Crippen molar-refractivity contribution in [2.45, 2.75) is 75.8 Å². The second-order valence-electron chi connectivity index (χ2n) is 7.87. The molecule has 146 valence electrons. The smallest absolute Gasteiger partial charge is 0.258 e. The molecule has 0 aromatic heterocycles. The van der Waals surface area contributed by atoms with Gasteiger partial charge in [-0.05, 0) is 57.9 Å². The molecule has 1 aliphatic rings. The Morgan fingerprint density at radius 2 is 1.65 bits per heavy atom. The summed E-state index contributed by atoms with van der Waals surface area (Å²) in [4.78, 5) is 12.2. The Labute approximate surface area is 156 Å². The molecule has 0 spiro atoms. The van der Waals surface area contributed by atoms with Gasteiger partial charge in [0.2, 0.25) is 10.0 Å². The number of hydrogen-bond acceptors (Lipinski definition) is 4. The molecule has 0 aliphatic heterocycles. The molecular formula is C19H30N2O4S. The molecule has 0 saturated heterocycles. The molecule has 2 N–H and O–H groups in total. The number of sulfonamides is 1. The van der Waals surface area contributed by atoms with Gasteiger partial charge in [-0.15, -0.1) is 0 Å². The Morgan fingerprint density at radius 3 is 2.19 bits per heavy atom. The Bertz CT molecular complexity index is 685. The van der Waals surface area contributed by atoms with E-state index in [2.05, 4.69) is 10.0 Å². The maximum absolute atomic E-state index is 12.3. The van der Waals surface area contributed by atoms with Gasteiger partial charge in [0.15, 0.2) is 6.61 Å². The topological polar surface area (TPSA) is 84.5 Å². The highest BCUT2D eigenvalue weighted by Gasteiger charge is 2.22. The van der Waals surface area contributed by atoms with Crippen LogP contribution in [0.2, 0.25) is 0 Å². The summed E-state index contributed by atoms with van der Waals surface area (Å²) in [5, 5.41) is 3.02. The lowest BCUT2D eigenvalue weighted by atomic mass is 10.1. The van der Waals surface area contributed by atoms with Gasteiger partial charge in [0.05, 0.1) is 4.90 Å². The van der Waals surface area contributed by atoms with Crippen LogP contribution in [-0.2, 0) is 14.8 Å². The van der Waals surface area contributed by atoms with E-state index in [9.17, 15) is 13.2 Å². The Morgan fingerprint density at radius 1 is 1.08 bits per heavy atom. The molecule has 1 saturated carbocycles. The van der Waals surface area contributed by atoms with Crippen molar-refractivity contribution < 1.29 is 17.9 Å². The summed E-state index contributed by atoms with van der Waals surface area (Å²) in [7, 11) is -3.57. The van der Waals surface area contributed by atoms with Crippen LogP contribution in [0.5, 0.6) is 5.75 Å². The number of nitrogens with one attached hydrogen (secondary N) is 2. The van der Waals surface area contributed by atoms with Gasteiger partial charge in [-0.1, -0.05) is 25.7 Å². The summed E-state index contributed by atoms with van der Waals surface area (Å²) in [6, 6.07) is 6.33. The molecule has 1 aliphatic carbocycles. The van der Waals surface area contributed by atoms with Gasteiger partial charge < -0.3 is 10.1 Å². The van der Waals surface area contributed by atoms with Crippen LogP contribution in [0, 0.1) is 0 Å². The Kier molecular flexibility index (Phi) is 7.06. The molecule has 0 unspecified atom stereocenters. The third kappa shape index (κ3) is 6.96. The summed E-state index contributed by atoms with van der Waals surface area (Å²) in [5.74, 6) is 0.332. The minimum atomic E-state index is -3.57. The zero-order chi connectivity index (χ0) is 19.2. The van der Waals surface area contributed by atoms with Crippen molar-refractivity contribution in [3.63, 3.8) is 0 Å². The van der Waals surface area contributed by atoms with Crippen molar-refractivity contribution in [3.05, 3.63) is 24.3 Å². The third-order valence-corrected chi connectivity index (χ3v) is 5.94. The van der Waals surface area contributed by atoms with Gasteiger partial charge in [-0.3, -0.25) is 4.79 Å². The first-order valence-corrected chi connectivity index (χ1v) is 10.7. The summed E-state index contributed by atoms with van der Waals surface area (Å²) >= 11 is 0. The SMILES string of the molecule is CC(C)(C)NS(=O)(=O)c1ccc(OCC(=O)NC2CCCCCC2)cc1. The molecule has 0 atom stereocenters. The molecule has 7 heteroatoms. The van der Waals surface area contributed by atoms with Crippen molar-refractivity contribution in [1.82, 2.24) is 10.0 Å². The number of carbonyl (C=O) groups is 1. The van der Waals surface area contributed by atoms with Crippen LogP contribution in [0.4, 0.5) is 0 Å². The number of rotatable bonds is 6. The van der Waals surface area contributed by atoms with E-state index < -0.39 is 15.6 Å². The summed E-state index contributed by atoms with van der Waals surface area (Å²) in [6.07, 6.45) is 6.84. The molecule has 1 amide bonds. The van der Waals surface area contributed by atoms with E-state index in [1.165, 1.54) is 25.0 Å². The first-order chi connectivity index (χ1) is 12.2. The van der Waals surface area contributed by atoms with E-state index in [-0.39, 0.29) is 23.5 Å². The maximum Gasteiger partial charge on any atom is 0.258 e. The zero-order valence-corrected chi connectivity index (χ0v) is 16.7. The summed E-state index contributed by atoms with van der Waals surface area (Å²) in [6.45, 7) is 5.29. The molecule has 6 nitrogen and oxygen atoms in total. The van der Waals surface area contributed by atoms with Crippen molar-refractivity contribution in [3.8, 4) is 5.75 Å². The molecule has 0 radical (unpaired) electrons. The van der Waals surface area contributed by atoms with Crippen LogP contribution in [0.1, 0.15) is 59.3 Å². The highest BCUT2D eigenvalue weighted by molar-refractivity contribution is 7.89. The molecule has 0 heterocycles. The first kappa shape index (κ1) is 20.7. The minimum Gasteiger partial charge on any atom is -0.484 e. The highest BCUT2D eigenvalue weighted by Crippen LogP contribution is 2.19. The second-order valence-corrected chi connectivity index (χ2v) is 9.55. The normalized spacial score (nSPS) is 16.7. The van der Waals surface area contributed by atoms with Crippen molar-refractivity contribution in [2.75, 3.05) is 6.61 Å². The predicted octanol–water partition coefficient (Wildman–Crippen LogP) is 2.98. The molecule has 26 heavy (non-hydrogen) atoms. The molecule has 2 rings (SSSR count). The van der Waals surface area contributed by atoms with E-state index in [1.54, 1.807) is 32.9 Å². The molecule has 1 aromatic rings. The fourth-order valence-electron chi connectivity index (χ4n) is 3.02. The minimum absolute atomic E-state index is 0.0666. The average molecular weight is 383 g/mol. The molecule has 0 bridgehead atoms. The summed E-state index contributed by atoms with van der Waals surface area (Å²) < 4.78 is 32.6. The van der Waals surface area contributed by atoms with Gasteiger partial charge in [0.25, 0.3) is 5.91 Å². The van der Waals surface area contributed by atoms with E-state index in [0.29, 0.717) is 5.75 Å². The van der Waals surface area contributed by atoms with E-state index >= 15 is 0 Å². The number of hydrogen-bond donors (Lipinski definition) is 2. The number of amides is 1. The van der Waals surface area contributed by atoms with Crippen LogP contribution in [0.3, 0.4) is 0 Å². The molecular weight excluding hydrogens is 352 g/mol. The van der Waals surface area contributed by atoms with Crippen molar-refractivity contribution >= 4 is 15.9 Å². The van der Waals surface area contributed by atoms with Crippen LogP contribution < -0.4 is 14.8 Å². The standard InChI is InChI=1S/C19H30N2O4S/c1-19(2,3)21-26(23,24)17-12-10-16(11-13-17)25-14-18(22)20-15-8-6-4-5-7-9-15/h10-13,15,21H,4-9,14H2,1-3H3,(H,20,22). The quantitative estimate of drug-likeness (QED) is 0.741. The van der Waals surface area contributed by atoms with Gasteiger partial charge in [-0.2, -0.15) is 0 Å². The molecule has 1 aromatic carbocycles. The number of ether oxygens (including phenoxy) is 1. The van der Waals surface area contributed by atoms with Gasteiger partial charge in [0, 0.05) is 11.6 Å². The largest absolute Gasteiger partial charge is 0.484 e. The van der Waals surface area contributed by atoms with Crippen LogP contribution in [0.25, 0.3) is 0 Å². The first-order valence-electron chi connectivity index (χ1n) is 9.22. The lowest BCUT2D eigenvalue weighted by Gasteiger charge is -2.20. The van der Waals surface area contributed by atoms with E-state index in [4.69, 9.17) is 4.74 Å². The van der Waals surface area contributed by atoms with Crippen LogP contribution >= 0.6 is 0 Å². The monoisotopic (exact) mass is 382 g/mol. The van der Waals surface area contributed by atoms with Crippen LogP contribution in [-0.4, -0.2) is 32.5 Å². The lowest BCUT2D eigenvalue weighted by molar-refractivity contribution is -0.123. The van der Waals surface area contributed by atoms with E-state index in [1.807, 2.05) is 0 Å². The lowest BCUT2D eigenvalue weighted by Crippen LogP contribution is -2.40.